The van der Waals surface area contributed by atoms with Gasteiger partial charge in [-0.3, -0.25) is 4.79 Å². The zero-order chi connectivity index (χ0) is 14.1. The van der Waals surface area contributed by atoms with Gasteiger partial charge in [-0.25, -0.2) is 0 Å². The minimum absolute atomic E-state index is 0.0782. The smallest absolute Gasteiger partial charge is 0.303 e. The highest BCUT2D eigenvalue weighted by atomic mass is 16.4. The van der Waals surface area contributed by atoms with Gasteiger partial charge < -0.3 is 15.5 Å². The molecule has 1 unspecified atom stereocenters. The molecular weight excluding hydrogens is 242 g/mol. The Bertz CT molecular complexity index is 375. The normalized spacial score (nSPS) is 12.3. The van der Waals surface area contributed by atoms with E-state index >= 15 is 0 Å². The molecule has 0 fully saturated rings. The molecular formula is C15H23NO3. The monoisotopic (exact) mass is 265 g/mol. The number of carboxylic acids is 1. The molecule has 0 aromatic heterocycles. The lowest BCUT2D eigenvalue weighted by molar-refractivity contribution is -0.137. The first-order valence-electron chi connectivity index (χ1n) is 6.73. The molecule has 1 aromatic rings. The highest BCUT2D eigenvalue weighted by Crippen LogP contribution is 2.09. The number of carboxylic acid groups (broad SMARTS) is 1. The van der Waals surface area contributed by atoms with E-state index in [1.54, 1.807) is 0 Å². The molecule has 4 nitrogen and oxygen atoms in total. The summed E-state index contributed by atoms with van der Waals surface area (Å²) in [5.74, 6) is -0.288. The van der Waals surface area contributed by atoms with Crippen LogP contribution in [0.25, 0.3) is 0 Å². The van der Waals surface area contributed by atoms with E-state index in [1.807, 2.05) is 24.3 Å². The number of aliphatic carboxylic acids is 1. The second kappa shape index (κ2) is 8.67. The molecule has 0 amide bonds. The predicted molar refractivity (Wildman–Crippen MR) is 74.7 cm³/mol. The maximum atomic E-state index is 10.4. The molecule has 0 bridgehead atoms. The third-order valence-corrected chi connectivity index (χ3v) is 3.20. The van der Waals surface area contributed by atoms with Crippen LogP contribution < -0.4 is 5.32 Å². The Labute approximate surface area is 114 Å². The summed E-state index contributed by atoms with van der Waals surface area (Å²) in [4.78, 5) is 10.4. The summed E-state index contributed by atoms with van der Waals surface area (Å²) in [5, 5.41) is 20.9. The third-order valence-electron chi connectivity index (χ3n) is 3.20. The molecule has 0 aliphatic carbocycles. The van der Waals surface area contributed by atoms with Crippen molar-refractivity contribution in [2.45, 2.75) is 39.3 Å². The molecule has 4 heteroatoms. The van der Waals surface area contributed by atoms with Gasteiger partial charge in [-0.1, -0.05) is 31.2 Å². The molecule has 3 N–H and O–H groups in total. The number of hydrogen-bond acceptors (Lipinski definition) is 3. The van der Waals surface area contributed by atoms with E-state index < -0.39 is 5.97 Å². The number of aliphatic hydroxyl groups is 1. The SMILES string of the molecule is CC(CCNCc1ccc(CO)cc1)CCC(=O)O. The Kier molecular flexibility index (Phi) is 7.15. The molecule has 0 aliphatic rings. The molecule has 0 aliphatic heterocycles. The standard InChI is InChI=1S/C15H23NO3/c1-12(2-7-15(18)19)8-9-16-10-13-3-5-14(11-17)6-4-13/h3-6,12,16-17H,2,7-11H2,1H3,(H,18,19). The van der Waals surface area contributed by atoms with Crippen LogP contribution in [0.1, 0.15) is 37.3 Å². The highest BCUT2D eigenvalue weighted by Gasteiger charge is 2.05. The van der Waals surface area contributed by atoms with E-state index in [4.69, 9.17) is 10.2 Å². The zero-order valence-corrected chi connectivity index (χ0v) is 11.4. The van der Waals surface area contributed by atoms with Gasteiger partial charge in [-0.2, -0.15) is 0 Å². The van der Waals surface area contributed by atoms with Gasteiger partial charge in [0.2, 0.25) is 0 Å². The van der Waals surface area contributed by atoms with Crippen LogP contribution in [0.3, 0.4) is 0 Å². The molecule has 1 aromatic carbocycles. The maximum Gasteiger partial charge on any atom is 0.303 e. The zero-order valence-electron chi connectivity index (χ0n) is 11.4. The van der Waals surface area contributed by atoms with E-state index in [2.05, 4.69) is 12.2 Å². The Morgan fingerprint density at radius 3 is 2.42 bits per heavy atom. The molecule has 0 heterocycles. The van der Waals surface area contributed by atoms with Crippen LogP contribution in [0.15, 0.2) is 24.3 Å². The summed E-state index contributed by atoms with van der Waals surface area (Å²) in [5.41, 5.74) is 2.11. The van der Waals surface area contributed by atoms with Gasteiger partial charge in [0.1, 0.15) is 0 Å². The van der Waals surface area contributed by atoms with E-state index in [0.29, 0.717) is 5.92 Å². The number of carbonyl (C=O) groups is 1. The molecule has 19 heavy (non-hydrogen) atoms. The van der Waals surface area contributed by atoms with Gasteiger partial charge in [0.25, 0.3) is 0 Å². The van der Waals surface area contributed by atoms with Crippen LogP contribution in [-0.2, 0) is 17.9 Å². The van der Waals surface area contributed by atoms with E-state index in [0.717, 1.165) is 31.5 Å². The average Bonchev–Trinajstić information content (AvgIpc) is 2.42. The molecule has 0 radical (unpaired) electrons. The number of rotatable bonds is 9. The number of hydrogen-bond donors (Lipinski definition) is 3. The largest absolute Gasteiger partial charge is 0.481 e. The summed E-state index contributed by atoms with van der Waals surface area (Å²) in [7, 11) is 0. The van der Waals surface area contributed by atoms with Gasteiger partial charge in [0.15, 0.2) is 0 Å². The van der Waals surface area contributed by atoms with Crippen molar-refractivity contribution in [1.29, 1.82) is 0 Å². The minimum Gasteiger partial charge on any atom is -0.481 e. The molecule has 106 valence electrons. The van der Waals surface area contributed by atoms with Crippen LogP contribution in [0.2, 0.25) is 0 Å². The van der Waals surface area contributed by atoms with Crippen molar-refractivity contribution in [3.8, 4) is 0 Å². The quantitative estimate of drug-likeness (QED) is 0.598. The van der Waals surface area contributed by atoms with E-state index in [9.17, 15) is 4.79 Å². The first-order valence-corrected chi connectivity index (χ1v) is 6.73. The van der Waals surface area contributed by atoms with Crippen molar-refractivity contribution < 1.29 is 15.0 Å². The van der Waals surface area contributed by atoms with Crippen molar-refractivity contribution >= 4 is 5.97 Å². The third kappa shape index (κ3) is 6.94. The fourth-order valence-corrected chi connectivity index (χ4v) is 1.86. The summed E-state index contributed by atoms with van der Waals surface area (Å²) >= 11 is 0. The number of benzene rings is 1. The summed E-state index contributed by atoms with van der Waals surface area (Å²) in [6.07, 6.45) is 1.98. The predicted octanol–water partition coefficient (Wildman–Crippen LogP) is 2.16. The fourth-order valence-electron chi connectivity index (χ4n) is 1.86. The van der Waals surface area contributed by atoms with Crippen LogP contribution in [0.5, 0.6) is 0 Å². The molecule has 0 spiro atoms. The molecule has 0 saturated heterocycles. The summed E-state index contributed by atoms with van der Waals surface area (Å²) < 4.78 is 0. The van der Waals surface area contributed by atoms with Crippen LogP contribution in [0, 0.1) is 5.92 Å². The number of nitrogens with one attached hydrogen (secondary N) is 1. The topological polar surface area (TPSA) is 69.6 Å². The first kappa shape index (κ1) is 15.7. The van der Waals surface area contributed by atoms with Crippen LogP contribution in [-0.4, -0.2) is 22.7 Å². The minimum atomic E-state index is -0.719. The molecule has 0 saturated carbocycles. The molecule has 1 atom stereocenters. The van der Waals surface area contributed by atoms with Gasteiger partial charge in [0, 0.05) is 13.0 Å². The van der Waals surface area contributed by atoms with Crippen molar-refractivity contribution in [2.75, 3.05) is 6.54 Å². The van der Waals surface area contributed by atoms with Gasteiger partial charge in [0.05, 0.1) is 6.61 Å². The van der Waals surface area contributed by atoms with E-state index in [1.165, 1.54) is 5.56 Å². The second-order valence-electron chi connectivity index (χ2n) is 4.98. The second-order valence-corrected chi connectivity index (χ2v) is 4.98. The first-order chi connectivity index (χ1) is 9.11. The Balaban J connectivity index is 2.14. The lowest BCUT2D eigenvalue weighted by Crippen LogP contribution is -2.17. The van der Waals surface area contributed by atoms with Gasteiger partial charge >= 0.3 is 5.97 Å². The van der Waals surface area contributed by atoms with Crippen LogP contribution >= 0.6 is 0 Å². The van der Waals surface area contributed by atoms with Crippen molar-refractivity contribution in [1.82, 2.24) is 5.32 Å². The lowest BCUT2D eigenvalue weighted by Gasteiger charge is -2.11. The number of aliphatic hydroxyl groups excluding tert-OH is 1. The van der Waals surface area contributed by atoms with Crippen molar-refractivity contribution in [3.63, 3.8) is 0 Å². The molecule has 1 rings (SSSR count). The Morgan fingerprint density at radius 2 is 1.84 bits per heavy atom. The summed E-state index contributed by atoms with van der Waals surface area (Å²) in [6, 6.07) is 7.86. The Morgan fingerprint density at radius 1 is 1.21 bits per heavy atom. The highest BCUT2D eigenvalue weighted by molar-refractivity contribution is 5.66. The summed E-state index contributed by atoms with van der Waals surface area (Å²) in [6.45, 7) is 3.86. The van der Waals surface area contributed by atoms with Crippen molar-refractivity contribution in [2.24, 2.45) is 5.92 Å². The van der Waals surface area contributed by atoms with Gasteiger partial charge in [-0.05, 0) is 36.4 Å². The lowest BCUT2D eigenvalue weighted by atomic mass is 10.0. The maximum absolute atomic E-state index is 10.4. The van der Waals surface area contributed by atoms with Gasteiger partial charge in [-0.15, -0.1) is 0 Å². The van der Waals surface area contributed by atoms with Crippen LogP contribution in [0.4, 0.5) is 0 Å². The average molecular weight is 265 g/mol. The van der Waals surface area contributed by atoms with E-state index in [-0.39, 0.29) is 13.0 Å². The Hall–Kier alpha value is -1.39. The van der Waals surface area contributed by atoms with Crippen molar-refractivity contribution in [3.05, 3.63) is 35.4 Å². The fraction of sp³-hybridized carbons (Fsp3) is 0.533.